The van der Waals surface area contributed by atoms with Crippen LogP contribution in [-0.2, 0) is 16.1 Å². The van der Waals surface area contributed by atoms with Crippen molar-refractivity contribution in [2.45, 2.75) is 6.54 Å². The summed E-state index contributed by atoms with van der Waals surface area (Å²) in [6.45, 7) is 2.14. The Kier molecular flexibility index (Phi) is 9.96. The standard InChI is InChI=1S/C12H17BrN2O2.ClH/c1-17-7-6-14-9-12(16)15-8-10-4-2-3-5-11(10)13;/h2-5,14H,6-9H2,1H3,(H,15,16);1H. The van der Waals surface area contributed by atoms with Crippen molar-refractivity contribution in [1.82, 2.24) is 10.6 Å². The molecule has 102 valence electrons. The molecule has 0 unspecified atom stereocenters. The largest absolute Gasteiger partial charge is 0.383 e. The van der Waals surface area contributed by atoms with Gasteiger partial charge in [-0.15, -0.1) is 12.4 Å². The number of benzene rings is 1. The van der Waals surface area contributed by atoms with E-state index in [4.69, 9.17) is 4.74 Å². The van der Waals surface area contributed by atoms with Gasteiger partial charge in [-0.2, -0.15) is 0 Å². The highest BCUT2D eigenvalue weighted by atomic mass is 79.9. The van der Waals surface area contributed by atoms with Crippen LogP contribution in [0.2, 0.25) is 0 Å². The molecule has 1 rings (SSSR count). The first-order valence-corrected chi connectivity index (χ1v) is 6.23. The monoisotopic (exact) mass is 336 g/mol. The van der Waals surface area contributed by atoms with Gasteiger partial charge in [0.25, 0.3) is 0 Å². The van der Waals surface area contributed by atoms with Gasteiger partial charge in [0.15, 0.2) is 0 Å². The van der Waals surface area contributed by atoms with Crippen LogP contribution in [0.1, 0.15) is 5.56 Å². The molecule has 6 heteroatoms. The third-order valence-electron chi connectivity index (χ3n) is 2.20. The lowest BCUT2D eigenvalue weighted by atomic mass is 10.2. The highest BCUT2D eigenvalue weighted by molar-refractivity contribution is 9.10. The molecule has 0 aromatic heterocycles. The van der Waals surface area contributed by atoms with E-state index < -0.39 is 0 Å². The lowest BCUT2D eigenvalue weighted by Gasteiger charge is -2.07. The second kappa shape index (κ2) is 10.3. The first-order valence-electron chi connectivity index (χ1n) is 5.44. The van der Waals surface area contributed by atoms with Gasteiger partial charge < -0.3 is 15.4 Å². The first-order chi connectivity index (χ1) is 8.24. The number of rotatable bonds is 7. The van der Waals surface area contributed by atoms with E-state index in [1.54, 1.807) is 7.11 Å². The first kappa shape index (κ1) is 17.4. The minimum atomic E-state index is -0.0168. The summed E-state index contributed by atoms with van der Waals surface area (Å²) in [6, 6.07) is 7.83. The maximum Gasteiger partial charge on any atom is 0.234 e. The molecule has 0 fully saturated rings. The molecule has 2 N–H and O–H groups in total. The number of amides is 1. The van der Waals surface area contributed by atoms with Crippen LogP contribution in [0, 0.1) is 0 Å². The minimum absolute atomic E-state index is 0. The molecule has 0 saturated carbocycles. The summed E-state index contributed by atoms with van der Waals surface area (Å²) in [5, 5.41) is 5.83. The summed E-state index contributed by atoms with van der Waals surface area (Å²) < 4.78 is 5.88. The van der Waals surface area contributed by atoms with Crippen molar-refractivity contribution < 1.29 is 9.53 Å². The zero-order valence-electron chi connectivity index (χ0n) is 10.2. The van der Waals surface area contributed by atoms with Gasteiger partial charge in [0.2, 0.25) is 5.91 Å². The molecule has 0 aliphatic heterocycles. The van der Waals surface area contributed by atoms with Crippen molar-refractivity contribution in [3.63, 3.8) is 0 Å². The topological polar surface area (TPSA) is 50.4 Å². The summed E-state index contributed by atoms with van der Waals surface area (Å²) in [7, 11) is 1.63. The molecule has 0 heterocycles. The van der Waals surface area contributed by atoms with E-state index in [1.165, 1.54) is 0 Å². The average molecular weight is 338 g/mol. The predicted molar refractivity (Wildman–Crippen MR) is 78.0 cm³/mol. The molecule has 0 aliphatic carbocycles. The normalized spacial score (nSPS) is 9.67. The van der Waals surface area contributed by atoms with Gasteiger partial charge in [0, 0.05) is 24.7 Å². The molecule has 1 aromatic carbocycles. The fraction of sp³-hybridized carbons (Fsp3) is 0.417. The Labute approximate surface area is 122 Å². The summed E-state index contributed by atoms with van der Waals surface area (Å²) in [5.74, 6) is -0.0168. The molecule has 4 nitrogen and oxygen atoms in total. The predicted octanol–water partition coefficient (Wildman–Crippen LogP) is 1.72. The van der Waals surface area contributed by atoms with Crippen LogP contribution in [0.4, 0.5) is 0 Å². The van der Waals surface area contributed by atoms with Gasteiger partial charge in [-0.3, -0.25) is 4.79 Å². The van der Waals surface area contributed by atoms with Gasteiger partial charge in [0.1, 0.15) is 0 Å². The van der Waals surface area contributed by atoms with Gasteiger partial charge in [-0.1, -0.05) is 34.1 Å². The maximum atomic E-state index is 11.5. The molecule has 1 aromatic rings. The Balaban J connectivity index is 0.00000289. The molecule has 0 atom stereocenters. The highest BCUT2D eigenvalue weighted by Gasteiger charge is 2.02. The molecule has 0 aliphatic rings. The van der Waals surface area contributed by atoms with Crippen LogP contribution in [-0.4, -0.2) is 32.7 Å². The molecule has 18 heavy (non-hydrogen) atoms. The Hall–Kier alpha value is -0.620. The van der Waals surface area contributed by atoms with Crippen molar-refractivity contribution in [3.05, 3.63) is 34.3 Å². The van der Waals surface area contributed by atoms with Crippen molar-refractivity contribution in [2.75, 3.05) is 26.8 Å². The average Bonchev–Trinajstić information content (AvgIpc) is 2.34. The number of hydrogen-bond donors (Lipinski definition) is 2. The lowest BCUT2D eigenvalue weighted by molar-refractivity contribution is -0.120. The third kappa shape index (κ3) is 6.96. The van der Waals surface area contributed by atoms with Gasteiger partial charge in [0.05, 0.1) is 13.2 Å². The summed E-state index contributed by atoms with van der Waals surface area (Å²) in [5.41, 5.74) is 1.07. The van der Waals surface area contributed by atoms with Crippen molar-refractivity contribution >= 4 is 34.2 Å². The Morgan fingerprint density at radius 2 is 2.11 bits per heavy atom. The molecule has 0 bridgehead atoms. The summed E-state index contributed by atoms with van der Waals surface area (Å²) >= 11 is 3.44. The van der Waals surface area contributed by atoms with Crippen LogP contribution in [0.15, 0.2) is 28.7 Å². The molecule has 0 radical (unpaired) electrons. The molecule has 0 spiro atoms. The van der Waals surface area contributed by atoms with E-state index in [2.05, 4.69) is 26.6 Å². The van der Waals surface area contributed by atoms with Gasteiger partial charge in [-0.25, -0.2) is 0 Å². The smallest absolute Gasteiger partial charge is 0.234 e. The number of halogens is 2. The quantitative estimate of drug-likeness (QED) is 0.745. The fourth-order valence-corrected chi connectivity index (χ4v) is 1.70. The van der Waals surface area contributed by atoms with E-state index in [9.17, 15) is 4.79 Å². The van der Waals surface area contributed by atoms with E-state index >= 15 is 0 Å². The lowest BCUT2D eigenvalue weighted by Crippen LogP contribution is -2.34. The Bertz CT molecular complexity index is 364. The fourth-order valence-electron chi connectivity index (χ4n) is 1.27. The SMILES string of the molecule is COCCNCC(=O)NCc1ccccc1Br.Cl. The van der Waals surface area contributed by atoms with E-state index in [0.29, 0.717) is 26.2 Å². The number of nitrogens with one attached hydrogen (secondary N) is 2. The number of ether oxygens (including phenoxy) is 1. The van der Waals surface area contributed by atoms with Crippen molar-refractivity contribution in [3.8, 4) is 0 Å². The zero-order valence-corrected chi connectivity index (χ0v) is 12.6. The Morgan fingerprint density at radius 1 is 1.39 bits per heavy atom. The van der Waals surface area contributed by atoms with Crippen LogP contribution < -0.4 is 10.6 Å². The van der Waals surface area contributed by atoms with E-state index in [0.717, 1.165) is 10.0 Å². The summed E-state index contributed by atoms with van der Waals surface area (Å²) in [4.78, 5) is 11.5. The minimum Gasteiger partial charge on any atom is -0.383 e. The van der Waals surface area contributed by atoms with Crippen molar-refractivity contribution in [1.29, 1.82) is 0 Å². The van der Waals surface area contributed by atoms with Crippen molar-refractivity contribution in [2.24, 2.45) is 0 Å². The Morgan fingerprint density at radius 3 is 2.78 bits per heavy atom. The van der Waals surface area contributed by atoms with Crippen LogP contribution in [0.3, 0.4) is 0 Å². The van der Waals surface area contributed by atoms with Crippen LogP contribution in [0.25, 0.3) is 0 Å². The van der Waals surface area contributed by atoms with Crippen LogP contribution in [0.5, 0.6) is 0 Å². The number of carbonyl (C=O) groups excluding carboxylic acids is 1. The third-order valence-corrected chi connectivity index (χ3v) is 2.98. The molecule has 1 amide bonds. The maximum absolute atomic E-state index is 11.5. The van der Waals surface area contributed by atoms with Gasteiger partial charge >= 0.3 is 0 Å². The van der Waals surface area contributed by atoms with E-state index in [1.807, 2.05) is 24.3 Å². The number of hydrogen-bond acceptors (Lipinski definition) is 3. The molecule has 0 saturated heterocycles. The summed E-state index contributed by atoms with van der Waals surface area (Å²) in [6.07, 6.45) is 0. The second-order valence-corrected chi connectivity index (χ2v) is 4.39. The second-order valence-electron chi connectivity index (χ2n) is 3.54. The van der Waals surface area contributed by atoms with E-state index in [-0.39, 0.29) is 18.3 Å². The van der Waals surface area contributed by atoms with Gasteiger partial charge in [-0.05, 0) is 11.6 Å². The van der Waals surface area contributed by atoms with Crippen LogP contribution >= 0.6 is 28.3 Å². The molecular weight excluding hydrogens is 320 g/mol. The zero-order chi connectivity index (χ0) is 12.5. The highest BCUT2D eigenvalue weighted by Crippen LogP contribution is 2.14. The molecular formula is C12H18BrClN2O2. The number of carbonyl (C=O) groups is 1. The number of methoxy groups -OCH3 is 1.